The average molecular weight is 289 g/mol. The fraction of sp³-hybridized carbons (Fsp3) is 0.200. The number of thiophene rings is 1. The van der Waals surface area contributed by atoms with Crippen LogP contribution in [0, 0.1) is 6.92 Å². The van der Waals surface area contributed by atoms with Crippen LogP contribution in [-0.2, 0) is 6.42 Å². The number of carboxylic acids is 1. The van der Waals surface area contributed by atoms with Crippen molar-refractivity contribution in [1.29, 1.82) is 0 Å². The molecule has 0 unspecified atom stereocenters. The van der Waals surface area contributed by atoms with E-state index in [1.165, 1.54) is 11.3 Å². The van der Waals surface area contributed by atoms with E-state index >= 15 is 0 Å². The van der Waals surface area contributed by atoms with E-state index in [0.717, 1.165) is 11.3 Å². The van der Waals surface area contributed by atoms with Crippen LogP contribution in [0.2, 0.25) is 0 Å². The summed E-state index contributed by atoms with van der Waals surface area (Å²) in [5, 5.41) is 11.9. The molecule has 5 heteroatoms. The molecule has 2 N–H and O–H groups in total. The van der Waals surface area contributed by atoms with Crippen molar-refractivity contribution < 1.29 is 14.7 Å². The Morgan fingerprint density at radius 2 is 2.00 bits per heavy atom. The Morgan fingerprint density at radius 3 is 2.60 bits per heavy atom. The van der Waals surface area contributed by atoms with E-state index < -0.39 is 5.97 Å². The normalized spacial score (nSPS) is 10.3. The van der Waals surface area contributed by atoms with Crippen LogP contribution >= 0.6 is 11.3 Å². The molecule has 2 aromatic rings. The first kappa shape index (κ1) is 14.3. The predicted molar refractivity (Wildman–Crippen MR) is 79.8 cm³/mol. The zero-order valence-corrected chi connectivity index (χ0v) is 12.1. The molecule has 0 spiro atoms. The summed E-state index contributed by atoms with van der Waals surface area (Å²) in [5.41, 5.74) is 1.08. The van der Waals surface area contributed by atoms with Gasteiger partial charge in [-0.2, -0.15) is 0 Å². The topological polar surface area (TPSA) is 66.4 Å². The molecule has 0 saturated heterocycles. The molecule has 1 aromatic heterocycles. The zero-order chi connectivity index (χ0) is 14.7. The van der Waals surface area contributed by atoms with Crippen molar-refractivity contribution in [2.24, 2.45) is 0 Å². The summed E-state index contributed by atoms with van der Waals surface area (Å²) >= 11 is 1.42. The van der Waals surface area contributed by atoms with Gasteiger partial charge in [0, 0.05) is 4.88 Å². The summed E-state index contributed by atoms with van der Waals surface area (Å²) in [4.78, 5) is 25.1. The highest BCUT2D eigenvalue weighted by molar-refractivity contribution is 7.14. The number of carbonyl (C=O) groups is 2. The largest absolute Gasteiger partial charge is 0.478 e. The third kappa shape index (κ3) is 2.88. The van der Waals surface area contributed by atoms with Gasteiger partial charge in [0.2, 0.25) is 0 Å². The number of hydrogen-bond donors (Lipinski definition) is 2. The zero-order valence-electron chi connectivity index (χ0n) is 11.3. The SMILES string of the molecule is CCc1ccc(C(=O)Nc2cccc(C)c2C(=O)O)s1. The molecule has 0 fully saturated rings. The quantitative estimate of drug-likeness (QED) is 0.904. The number of carbonyl (C=O) groups excluding carboxylic acids is 1. The van der Waals surface area contributed by atoms with E-state index in [2.05, 4.69) is 5.32 Å². The molecule has 104 valence electrons. The third-order valence-electron chi connectivity index (χ3n) is 2.97. The number of nitrogens with one attached hydrogen (secondary N) is 1. The van der Waals surface area contributed by atoms with Crippen molar-refractivity contribution in [2.45, 2.75) is 20.3 Å². The smallest absolute Gasteiger partial charge is 0.338 e. The fourth-order valence-corrected chi connectivity index (χ4v) is 2.77. The molecule has 1 heterocycles. The molecular formula is C15H15NO3S. The number of aromatic carboxylic acids is 1. The number of carboxylic acid groups (broad SMARTS) is 1. The molecule has 0 radical (unpaired) electrons. The Hall–Kier alpha value is -2.14. The lowest BCUT2D eigenvalue weighted by Crippen LogP contribution is -2.14. The maximum atomic E-state index is 12.1. The van der Waals surface area contributed by atoms with Crippen LogP contribution < -0.4 is 5.32 Å². The van der Waals surface area contributed by atoms with Gasteiger partial charge in [0.15, 0.2) is 0 Å². The molecule has 0 bridgehead atoms. The second kappa shape index (κ2) is 5.88. The van der Waals surface area contributed by atoms with Gasteiger partial charge in [-0.05, 0) is 37.1 Å². The first-order chi connectivity index (χ1) is 9.52. The van der Waals surface area contributed by atoms with E-state index in [1.54, 1.807) is 31.2 Å². The molecule has 0 aliphatic heterocycles. The lowest BCUT2D eigenvalue weighted by molar-refractivity contribution is 0.0697. The molecule has 1 amide bonds. The lowest BCUT2D eigenvalue weighted by Gasteiger charge is -2.09. The van der Waals surface area contributed by atoms with Gasteiger partial charge in [-0.3, -0.25) is 4.79 Å². The van der Waals surface area contributed by atoms with Gasteiger partial charge in [-0.1, -0.05) is 19.1 Å². The maximum Gasteiger partial charge on any atom is 0.338 e. The van der Waals surface area contributed by atoms with E-state index in [9.17, 15) is 14.7 Å². The van der Waals surface area contributed by atoms with Gasteiger partial charge < -0.3 is 10.4 Å². The molecule has 0 saturated carbocycles. The van der Waals surface area contributed by atoms with E-state index in [1.807, 2.05) is 13.0 Å². The first-order valence-electron chi connectivity index (χ1n) is 6.26. The van der Waals surface area contributed by atoms with Crippen molar-refractivity contribution in [3.63, 3.8) is 0 Å². The molecular weight excluding hydrogens is 274 g/mol. The van der Waals surface area contributed by atoms with Crippen LogP contribution in [0.1, 0.15) is 37.4 Å². The van der Waals surface area contributed by atoms with Crippen LogP contribution in [0.4, 0.5) is 5.69 Å². The van der Waals surface area contributed by atoms with Crippen molar-refractivity contribution in [3.8, 4) is 0 Å². The summed E-state index contributed by atoms with van der Waals surface area (Å²) in [5.74, 6) is -1.32. The van der Waals surface area contributed by atoms with Crippen LogP contribution in [0.25, 0.3) is 0 Å². The van der Waals surface area contributed by atoms with Gasteiger partial charge in [-0.25, -0.2) is 4.79 Å². The summed E-state index contributed by atoms with van der Waals surface area (Å²) in [6.45, 7) is 3.73. The highest BCUT2D eigenvalue weighted by Crippen LogP contribution is 2.22. The summed E-state index contributed by atoms with van der Waals surface area (Å²) in [7, 11) is 0. The summed E-state index contributed by atoms with van der Waals surface area (Å²) in [6, 6.07) is 8.70. The minimum Gasteiger partial charge on any atom is -0.478 e. The van der Waals surface area contributed by atoms with Crippen LogP contribution in [-0.4, -0.2) is 17.0 Å². The highest BCUT2D eigenvalue weighted by Gasteiger charge is 2.16. The van der Waals surface area contributed by atoms with E-state index in [0.29, 0.717) is 16.1 Å². The van der Waals surface area contributed by atoms with E-state index in [4.69, 9.17) is 0 Å². The number of benzene rings is 1. The Kier molecular flexibility index (Phi) is 4.20. The monoisotopic (exact) mass is 289 g/mol. The second-order valence-corrected chi connectivity index (χ2v) is 5.54. The molecule has 4 nitrogen and oxygen atoms in total. The Morgan fingerprint density at radius 1 is 1.25 bits per heavy atom. The van der Waals surface area contributed by atoms with Gasteiger partial charge in [0.05, 0.1) is 16.1 Å². The first-order valence-corrected chi connectivity index (χ1v) is 7.07. The molecule has 1 aromatic carbocycles. The molecule has 2 rings (SSSR count). The third-order valence-corrected chi connectivity index (χ3v) is 4.20. The number of rotatable bonds is 4. The summed E-state index contributed by atoms with van der Waals surface area (Å²) < 4.78 is 0. The van der Waals surface area contributed by atoms with Crippen LogP contribution in [0.15, 0.2) is 30.3 Å². The number of anilines is 1. The second-order valence-electron chi connectivity index (χ2n) is 4.38. The lowest BCUT2D eigenvalue weighted by atomic mass is 10.1. The van der Waals surface area contributed by atoms with Crippen molar-refractivity contribution in [1.82, 2.24) is 0 Å². The van der Waals surface area contributed by atoms with Gasteiger partial charge >= 0.3 is 5.97 Å². The number of aryl methyl sites for hydroxylation is 2. The molecule has 0 atom stereocenters. The standard InChI is InChI=1S/C15H15NO3S/c1-3-10-7-8-12(20-10)14(17)16-11-6-4-5-9(2)13(11)15(18)19/h4-8H,3H2,1-2H3,(H,16,17)(H,18,19). The average Bonchev–Trinajstić information content (AvgIpc) is 2.87. The maximum absolute atomic E-state index is 12.1. The van der Waals surface area contributed by atoms with Crippen molar-refractivity contribution in [2.75, 3.05) is 5.32 Å². The summed E-state index contributed by atoms with van der Waals surface area (Å²) in [6.07, 6.45) is 0.878. The van der Waals surface area contributed by atoms with E-state index in [-0.39, 0.29) is 11.5 Å². The van der Waals surface area contributed by atoms with Gasteiger partial charge in [0.1, 0.15) is 0 Å². The van der Waals surface area contributed by atoms with Crippen LogP contribution in [0.3, 0.4) is 0 Å². The van der Waals surface area contributed by atoms with Crippen molar-refractivity contribution >= 4 is 28.9 Å². The Bertz CT molecular complexity index is 661. The number of hydrogen-bond acceptors (Lipinski definition) is 3. The fourth-order valence-electron chi connectivity index (χ4n) is 1.93. The predicted octanol–water partition coefficient (Wildman–Crippen LogP) is 3.57. The van der Waals surface area contributed by atoms with Crippen molar-refractivity contribution in [3.05, 3.63) is 51.2 Å². The minimum absolute atomic E-state index is 0.133. The molecule has 20 heavy (non-hydrogen) atoms. The van der Waals surface area contributed by atoms with Crippen LogP contribution in [0.5, 0.6) is 0 Å². The number of amides is 1. The van der Waals surface area contributed by atoms with Gasteiger partial charge in [-0.15, -0.1) is 11.3 Å². The highest BCUT2D eigenvalue weighted by atomic mass is 32.1. The molecule has 0 aliphatic carbocycles. The Balaban J connectivity index is 2.28. The Labute approximate surface area is 121 Å². The minimum atomic E-state index is -1.04. The molecule has 0 aliphatic rings. The van der Waals surface area contributed by atoms with Gasteiger partial charge in [0.25, 0.3) is 5.91 Å².